The predicted octanol–water partition coefficient (Wildman–Crippen LogP) is 2.15. The normalized spacial score (nSPS) is 10.3. The molecule has 2 aromatic rings. The molecule has 0 N–H and O–H groups in total. The van der Waals surface area contributed by atoms with E-state index in [2.05, 4.69) is 16.0 Å². The first-order chi connectivity index (χ1) is 6.27. The monoisotopic (exact) mass is 173 g/mol. The van der Waals surface area contributed by atoms with Gasteiger partial charge >= 0.3 is 0 Å². The van der Waals surface area contributed by atoms with Crippen LogP contribution in [0.5, 0.6) is 0 Å². The van der Waals surface area contributed by atoms with Crippen molar-refractivity contribution in [3.8, 4) is 11.4 Å². The van der Waals surface area contributed by atoms with Crippen LogP contribution in [-0.4, -0.2) is 9.97 Å². The van der Waals surface area contributed by atoms with Gasteiger partial charge in [0.15, 0.2) is 5.82 Å². The lowest BCUT2D eigenvalue weighted by Crippen LogP contribution is -1.85. The molecule has 2 aromatic heterocycles. The van der Waals surface area contributed by atoms with Crippen molar-refractivity contribution < 1.29 is 4.42 Å². The lowest BCUT2D eigenvalue weighted by Gasteiger charge is -1.93. The van der Waals surface area contributed by atoms with Crippen LogP contribution >= 0.6 is 0 Å². The maximum Gasteiger partial charge on any atom is 0.163 e. The van der Waals surface area contributed by atoms with E-state index in [9.17, 15) is 0 Å². The molecule has 0 fully saturated rings. The molecule has 0 spiro atoms. The Balaban J connectivity index is 2.53. The van der Waals surface area contributed by atoms with Gasteiger partial charge in [0.05, 0.1) is 5.56 Å². The molecule has 2 rings (SSSR count). The van der Waals surface area contributed by atoms with Crippen LogP contribution in [0.4, 0.5) is 0 Å². The van der Waals surface area contributed by atoms with E-state index in [0.29, 0.717) is 5.82 Å². The van der Waals surface area contributed by atoms with Gasteiger partial charge in [-0.3, -0.25) is 0 Å². The van der Waals surface area contributed by atoms with Crippen LogP contribution in [0.15, 0.2) is 22.9 Å². The van der Waals surface area contributed by atoms with Gasteiger partial charge in [0.25, 0.3) is 0 Å². The highest BCUT2D eigenvalue weighted by Gasteiger charge is 2.08. The molecular weight excluding hydrogens is 164 g/mol. The average Bonchev–Trinajstić information content (AvgIpc) is 2.47. The van der Waals surface area contributed by atoms with Crippen molar-refractivity contribution in [1.82, 2.24) is 9.97 Å². The second-order valence-corrected chi connectivity index (χ2v) is 2.79. The number of hydrogen-bond donors (Lipinski definition) is 0. The summed E-state index contributed by atoms with van der Waals surface area (Å²) in [6, 6.07) is 4.85. The molecule has 3 nitrogen and oxygen atoms in total. The van der Waals surface area contributed by atoms with Gasteiger partial charge in [0, 0.05) is 18.5 Å². The molecule has 2 heterocycles. The lowest BCUT2D eigenvalue weighted by atomic mass is 10.2. The van der Waals surface area contributed by atoms with Crippen molar-refractivity contribution in [1.29, 1.82) is 0 Å². The molecule has 0 aliphatic heterocycles. The Labute approximate surface area is 76.5 Å². The van der Waals surface area contributed by atoms with Crippen LogP contribution < -0.4 is 0 Å². The maximum absolute atomic E-state index is 5.33. The molecule has 0 aromatic carbocycles. The third-order valence-corrected chi connectivity index (χ3v) is 1.75. The topological polar surface area (TPSA) is 38.9 Å². The zero-order chi connectivity index (χ0) is 9.26. The zero-order valence-corrected chi connectivity index (χ0v) is 7.53. The fourth-order valence-corrected chi connectivity index (χ4v) is 1.21. The van der Waals surface area contributed by atoms with Crippen molar-refractivity contribution in [3.05, 3.63) is 36.0 Å². The van der Waals surface area contributed by atoms with E-state index in [-0.39, 0.29) is 0 Å². The summed E-state index contributed by atoms with van der Waals surface area (Å²) in [6.45, 7) is 3.74. The van der Waals surface area contributed by atoms with Crippen molar-refractivity contribution in [2.75, 3.05) is 0 Å². The van der Waals surface area contributed by atoms with Gasteiger partial charge in [-0.15, -0.1) is 0 Å². The van der Waals surface area contributed by atoms with E-state index in [1.807, 2.05) is 13.8 Å². The molecule has 1 radical (unpaired) electrons. The van der Waals surface area contributed by atoms with E-state index in [1.165, 1.54) is 0 Å². The summed E-state index contributed by atoms with van der Waals surface area (Å²) in [5.41, 5.74) is 0.845. The summed E-state index contributed by atoms with van der Waals surface area (Å²) in [4.78, 5) is 8.24. The number of nitrogens with zero attached hydrogens (tertiary/aromatic N) is 2. The van der Waals surface area contributed by atoms with Crippen LogP contribution in [-0.2, 0) is 0 Å². The Morgan fingerprint density at radius 1 is 1.23 bits per heavy atom. The van der Waals surface area contributed by atoms with Crippen molar-refractivity contribution >= 4 is 0 Å². The molecule has 0 saturated carbocycles. The second kappa shape index (κ2) is 3.01. The molecule has 0 aliphatic carbocycles. The van der Waals surface area contributed by atoms with Crippen LogP contribution in [0.2, 0.25) is 0 Å². The van der Waals surface area contributed by atoms with Gasteiger partial charge in [-0.2, -0.15) is 0 Å². The molecule has 3 heteroatoms. The molecule has 0 unspecified atom stereocenters. The Kier molecular flexibility index (Phi) is 1.85. The van der Waals surface area contributed by atoms with Gasteiger partial charge in [0.1, 0.15) is 11.5 Å². The largest absolute Gasteiger partial charge is 0.465 e. The van der Waals surface area contributed by atoms with Crippen LogP contribution in [0.1, 0.15) is 11.5 Å². The summed E-state index contributed by atoms with van der Waals surface area (Å²) in [5, 5.41) is 0. The summed E-state index contributed by atoms with van der Waals surface area (Å²) >= 11 is 0. The Hall–Kier alpha value is -1.64. The quantitative estimate of drug-likeness (QED) is 0.663. The number of hydrogen-bond acceptors (Lipinski definition) is 3. The van der Waals surface area contributed by atoms with E-state index >= 15 is 0 Å². The fourth-order valence-electron chi connectivity index (χ4n) is 1.21. The molecule has 0 bridgehead atoms. The van der Waals surface area contributed by atoms with Crippen LogP contribution in [0, 0.1) is 19.9 Å². The lowest BCUT2D eigenvalue weighted by molar-refractivity contribution is 0.505. The standard InChI is InChI=1S/C10H9N2O/c1-7-6-9(8(2)13-7)10-11-4-3-5-12-10/h3-5H,1-2H3. The molecule has 65 valence electrons. The van der Waals surface area contributed by atoms with Gasteiger partial charge in [-0.1, -0.05) is 0 Å². The Morgan fingerprint density at radius 2 is 1.92 bits per heavy atom. The first-order valence-corrected chi connectivity index (χ1v) is 4.04. The van der Waals surface area contributed by atoms with E-state index < -0.39 is 0 Å². The minimum Gasteiger partial charge on any atom is -0.465 e. The molecular formula is C10H9N2O. The van der Waals surface area contributed by atoms with Crippen LogP contribution in [0.25, 0.3) is 11.4 Å². The van der Waals surface area contributed by atoms with Gasteiger partial charge in [0.2, 0.25) is 0 Å². The van der Waals surface area contributed by atoms with Gasteiger partial charge in [-0.05, 0) is 19.9 Å². The zero-order valence-electron chi connectivity index (χ0n) is 7.53. The summed E-state index contributed by atoms with van der Waals surface area (Å²) in [7, 11) is 0. The van der Waals surface area contributed by atoms with E-state index in [0.717, 1.165) is 17.1 Å². The predicted molar refractivity (Wildman–Crippen MR) is 48.0 cm³/mol. The Morgan fingerprint density at radius 3 is 2.46 bits per heavy atom. The first-order valence-electron chi connectivity index (χ1n) is 4.04. The molecule has 0 amide bonds. The Bertz CT molecular complexity index is 406. The smallest absolute Gasteiger partial charge is 0.163 e. The molecule has 0 aliphatic rings. The fraction of sp³-hybridized carbons (Fsp3) is 0.200. The summed E-state index contributed by atoms with van der Waals surface area (Å²) in [6.07, 6.45) is 3.41. The maximum atomic E-state index is 5.33. The van der Waals surface area contributed by atoms with Crippen molar-refractivity contribution in [2.45, 2.75) is 13.8 Å². The third kappa shape index (κ3) is 1.45. The SMILES string of the molecule is Cc1[c]c(-c2ncccn2)c(C)o1. The summed E-state index contributed by atoms with van der Waals surface area (Å²) in [5.74, 6) is 2.24. The second-order valence-electron chi connectivity index (χ2n) is 2.79. The number of aromatic nitrogens is 2. The highest BCUT2D eigenvalue weighted by molar-refractivity contribution is 5.56. The highest BCUT2D eigenvalue weighted by atomic mass is 16.3. The number of rotatable bonds is 1. The minimum absolute atomic E-state index is 0.664. The summed E-state index contributed by atoms with van der Waals surface area (Å²) < 4.78 is 5.33. The first kappa shape index (κ1) is 7.98. The van der Waals surface area contributed by atoms with E-state index in [4.69, 9.17) is 4.42 Å². The third-order valence-electron chi connectivity index (χ3n) is 1.75. The number of furan rings is 1. The van der Waals surface area contributed by atoms with Gasteiger partial charge < -0.3 is 4.42 Å². The van der Waals surface area contributed by atoms with E-state index in [1.54, 1.807) is 18.5 Å². The van der Waals surface area contributed by atoms with Crippen molar-refractivity contribution in [2.24, 2.45) is 0 Å². The average molecular weight is 173 g/mol. The molecule has 13 heavy (non-hydrogen) atoms. The molecule has 0 saturated heterocycles. The van der Waals surface area contributed by atoms with Crippen LogP contribution in [0.3, 0.4) is 0 Å². The number of aryl methyl sites for hydroxylation is 2. The molecule has 0 atom stereocenters. The van der Waals surface area contributed by atoms with Gasteiger partial charge in [-0.25, -0.2) is 9.97 Å². The highest BCUT2D eigenvalue weighted by Crippen LogP contribution is 2.21. The van der Waals surface area contributed by atoms with Crippen molar-refractivity contribution in [3.63, 3.8) is 0 Å². The minimum atomic E-state index is 0.664.